The van der Waals surface area contributed by atoms with Gasteiger partial charge < -0.3 is 5.11 Å². The highest BCUT2D eigenvalue weighted by Crippen LogP contribution is 2.06. The van der Waals surface area contributed by atoms with Gasteiger partial charge in [-0.15, -0.1) is 5.73 Å². The summed E-state index contributed by atoms with van der Waals surface area (Å²) in [4.78, 5) is 0.800. The van der Waals surface area contributed by atoms with Gasteiger partial charge in [-0.25, -0.2) is 4.21 Å². The van der Waals surface area contributed by atoms with Gasteiger partial charge in [-0.05, 0) is 37.5 Å². The van der Waals surface area contributed by atoms with Crippen molar-refractivity contribution >= 4 is 10.8 Å². The van der Waals surface area contributed by atoms with Crippen molar-refractivity contribution in [1.82, 2.24) is 0 Å². The van der Waals surface area contributed by atoms with Crippen molar-refractivity contribution in [3.63, 3.8) is 0 Å². The van der Waals surface area contributed by atoms with Gasteiger partial charge in [-0.1, -0.05) is 24.6 Å². The molecule has 0 bridgehead atoms. The summed E-state index contributed by atoms with van der Waals surface area (Å²) in [5, 5.41) is 10.2. The zero-order valence-electron chi connectivity index (χ0n) is 9.84. The van der Waals surface area contributed by atoms with Gasteiger partial charge in [-0.2, -0.15) is 0 Å². The topological polar surface area (TPSA) is 37.3 Å². The first kappa shape index (κ1) is 13.9. The zero-order valence-corrected chi connectivity index (χ0v) is 10.7. The number of benzene rings is 1. The fraction of sp³-hybridized carbons (Fsp3) is 0.357. The van der Waals surface area contributed by atoms with Crippen LogP contribution in [-0.4, -0.2) is 15.9 Å². The highest BCUT2D eigenvalue weighted by Gasteiger charge is 1.95. The second kappa shape index (κ2) is 8.94. The second-order valence-electron chi connectivity index (χ2n) is 3.67. The summed E-state index contributed by atoms with van der Waals surface area (Å²) in [6.07, 6.45) is 5.74. The molecule has 1 atom stereocenters. The molecule has 17 heavy (non-hydrogen) atoms. The molecule has 0 saturated carbocycles. The van der Waals surface area contributed by atoms with Gasteiger partial charge in [0.15, 0.2) is 0 Å². The van der Waals surface area contributed by atoms with E-state index in [2.05, 4.69) is 5.73 Å². The van der Waals surface area contributed by atoms with Crippen LogP contribution in [0.1, 0.15) is 25.7 Å². The number of hydrogen-bond donors (Lipinski definition) is 1. The Labute approximate surface area is 105 Å². The molecule has 0 fully saturated rings. The van der Waals surface area contributed by atoms with Gasteiger partial charge in [0.1, 0.15) is 0 Å². The van der Waals surface area contributed by atoms with E-state index in [0.717, 1.165) is 30.6 Å². The predicted octanol–water partition coefficient (Wildman–Crippen LogP) is 3.02. The molecule has 1 aromatic rings. The Balaban J connectivity index is 2.33. The molecular formula is C14H18O2S. The molecule has 0 radical (unpaired) electrons. The Kier molecular flexibility index (Phi) is 7.32. The molecule has 1 rings (SSSR count). The van der Waals surface area contributed by atoms with Crippen molar-refractivity contribution in [2.75, 3.05) is 6.61 Å². The van der Waals surface area contributed by atoms with E-state index in [-0.39, 0.29) is 6.61 Å². The van der Waals surface area contributed by atoms with Gasteiger partial charge in [0, 0.05) is 16.9 Å². The van der Waals surface area contributed by atoms with E-state index in [1.807, 2.05) is 36.4 Å². The maximum atomic E-state index is 11.7. The van der Waals surface area contributed by atoms with E-state index < -0.39 is 10.8 Å². The molecule has 0 aliphatic carbocycles. The number of aliphatic hydroxyl groups is 1. The van der Waals surface area contributed by atoms with Crippen LogP contribution in [-0.2, 0) is 10.8 Å². The highest BCUT2D eigenvalue weighted by molar-refractivity contribution is 7.88. The molecule has 0 saturated heterocycles. The number of unbranched alkanes of at least 4 members (excludes halogenated alkanes) is 3. The minimum atomic E-state index is -1.10. The lowest BCUT2D eigenvalue weighted by atomic mass is 10.2. The maximum absolute atomic E-state index is 11.7. The third-order valence-corrected chi connectivity index (χ3v) is 3.36. The molecule has 1 unspecified atom stereocenters. The molecule has 0 aliphatic heterocycles. The lowest BCUT2D eigenvalue weighted by Gasteiger charge is -1.93. The van der Waals surface area contributed by atoms with Crippen LogP contribution < -0.4 is 0 Å². The third-order valence-electron chi connectivity index (χ3n) is 2.28. The number of rotatable bonds is 7. The molecule has 3 heteroatoms. The smallest absolute Gasteiger partial charge is 0.0854 e. The average Bonchev–Trinajstić information content (AvgIpc) is 2.38. The Morgan fingerprint density at radius 2 is 1.94 bits per heavy atom. The largest absolute Gasteiger partial charge is 0.396 e. The van der Waals surface area contributed by atoms with E-state index >= 15 is 0 Å². The van der Waals surface area contributed by atoms with Crippen molar-refractivity contribution in [2.24, 2.45) is 0 Å². The van der Waals surface area contributed by atoms with Crippen LogP contribution in [0.25, 0.3) is 0 Å². The van der Waals surface area contributed by atoms with E-state index in [0.29, 0.717) is 0 Å². The van der Waals surface area contributed by atoms with Gasteiger partial charge in [-0.3, -0.25) is 0 Å². The van der Waals surface area contributed by atoms with Gasteiger partial charge in [0.2, 0.25) is 0 Å². The van der Waals surface area contributed by atoms with E-state index in [4.69, 9.17) is 5.11 Å². The summed E-state index contributed by atoms with van der Waals surface area (Å²) in [6, 6.07) is 9.34. The molecule has 1 N–H and O–H groups in total. The maximum Gasteiger partial charge on any atom is 0.0854 e. The SMILES string of the molecule is O=S(C=C=CCCCCCO)c1ccccc1. The van der Waals surface area contributed by atoms with Gasteiger partial charge in [0.25, 0.3) is 0 Å². The minimum Gasteiger partial charge on any atom is -0.396 e. The fourth-order valence-corrected chi connectivity index (χ4v) is 2.13. The summed E-state index contributed by atoms with van der Waals surface area (Å²) in [5.74, 6) is 0. The van der Waals surface area contributed by atoms with E-state index in [9.17, 15) is 4.21 Å². The molecule has 92 valence electrons. The van der Waals surface area contributed by atoms with Crippen molar-refractivity contribution in [3.8, 4) is 0 Å². The summed E-state index contributed by atoms with van der Waals surface area (Å²) < 4.78 is 11.7. The quantitative estimate of drug-likeness (QED) is 0.596. The normalized spacial score (nSPS) is 11.6. The molecule has 0 spiro atoms. The van der Waals surface area contributed by atoms with E-state index in [1.165, 1.54) is 0 Å². The minimum absolute atomic E-state index is 0.261. The Bertz CT molecular complexity index is 392. The molecule has 1 aromatic carbocycles. The first-order valence-electron chi connectivity index (χ1n) is 5.82. The van der Waals surface area contributed by atoms with Crippen molar-refractivity contribution in [3.05, 3.63) is 47.5 Å². The summed E-state index contributed by atoms with van der Waals surface area (Å²) >= 11 is 0. The lowest BCUT2D eigenvalue weighted by Crippen LogP contribution is -1.83. The first-order chi connectivity index (χ1) is 8.34. The van der Waals surface area contributed by atoms with Crippen LogP contribution in [0.5, 0.6) is 0 Å². The standard InChI is InChI=1S/C14H18O2S/c15-12-8-3-1-2-4-9-13-17(16)14-10-6-5-7-11-14/h4-7,10-11,13,15H,1-3,8,12H2. The average molecular weight is 250 g/mol. The second-order valence-corrected chi connectivity index (χ2v) is 4.97. The van der Waals surface area contributed by atoms with Gasteiger partial charge >= 0.3 is 0 Å². The molecule has 0 aliphatic rings. The highest BCUT2D eigenvalue weighted by atomic mass is 32.2. The Hall–Kier alpha value is -1.15. The Morgan fingerprint density at radius 3 is 2.65 bits per heavy atom. The fourth-order valence-electron chi connectivity index (χ4n) is 1.35. The van der Waals surface area contributed by atoms with Crippen molar-refractivity contribution in [2.45, 2.75) is 30.6 Å². The molecular weight excluding hydrogens is 232 g/mol. The Morgan fingerprint density at radius 1 is 1.18 bits per heavy atom. The number of allylic oxidation sites excluding steroid dienone is 1. The van der Waals surface area contributed by atoms with Crippen molar-refractivity contribution in [1.29, 1.82) is 0 Å². The summed E-state index contributed by atoms with van der Waals surface area (Å²) in [5.41, 5.74) is 2.95. The third kappa shape index (κ3) is 6.22. The van der Waals surface area contributed by atoms with Crippen LogP contribution in [0.2, 0.25) is 0 Å². The number of aliphatic hydroxyl groups excluding tert-OH is 1. The monoisotopic (exact) mass is 250 g/mol. The zero-order chi connectivity index (χ0) is 12.3. The van der Waals surface area contributed by atoms with Crippen LogP contribution in [0, 0.1) is 0 Å². The van der Waals surface area contributed by atoms with Crippen molar-refractivity contribution < 1.29 is 9.32 Å². The van der Waals surface area contributed by atoms with Crippen LogP contribution in [0.3, 0.4) is 0 Å². The first-order valence-corrected chi connectivity index (χ1v) is 7.03. The molecule has 2 nitrogen and oxygen atoms in total. The van der Waals surface area contributed by atoms with Crippen LogP contribution in [0.15, 0.2) is 52.4 Å². The summed E-state index contributed by atoms with van der Waals surface area (Å²) in [6.45, 7) is 0.261. The molecule has 0 heterocycles. The molecule has 0 aromatic heterocycles. The van der Waals surface area contributed by atoms with E-state index in [1.54, 1.807) is 5.41 Å². The molecule has 0 amide bonds. The summed E-state index contributed by atoms with van der Waals surface area (Å²) in [7, 11) is -1.10. The van der Waals surface area contributed by atoms with Crippen LogP contribution in [0.4, 0.5) is 0 Å². The number of hydrogen-bond acceptors (Lipinski definition) is 2. The van der Waals surface area contributed by atoms with Gasteiger partial charge in [0.05, 0.1) is 10.8 Å². The van der Waals surface area contributed by atoms with Crippen LogP contribution >= 0.6 is 0 Å². The lowest BCUT2D eigenvalue weighted by molar-refractivity contribution is 0.283. The predicted molar refractivity (Wildman–Crippen MR) is 71.1 cm³/mol.